The van der Waals surface area contributed by atoms with Gasteiger partial charge in [-0.15, -0.1) is 11.6 Å². The van der Waals surface area contributed by atoms with Crippen LogP contribution in [-0.2, 0) is 4.74 Å². The van der Waals surface area contributed by atoms with E-state index in [-0.39, 0.29) is 61.2 Å². The molecule has 1 aliphatic heterocycles. The maximum Gasteiger partial charge on any atom is 0.393 e. The van der Waals surface area contributed by atoms with E-state index in [1.54, 1.807) is 0 Å². The highest BCUT2D eigenvalue weighted by molar-refractivity contribution is 6.21. The van der Waals surface area contributed by atoms with Crippen molar-refractivity contribution < 1.29 is 27.5 Å². The number of rotatable bonds is 5. The molecule has 0 saturated heterocycles. The number of methoxy groups -OCH3 is 1. The lowest BCUT2D eigenvalue weighted by Gasteiger charge is -2.43. The van der Waals surface area contributed by atoms with Crippen LogP contribution >= 0.6 is 11.6 Å². The van der Waals surface area contributed by atoms with E-state index in [1.165, 1.54) is 41.2 Å². The molecule has 1 fully saturated rings. The number of alkyl halides is 4. The van der Waals surface area contributed by atoms with Gasteiger partial charge < -0.3 is 20.7 Å². The summed E-state index contributed by atoms with van der Waals surface area (Å²) >= 11 is 6.11. The van der Waals surface area contributed by atoms with Crippen LogP contribution in [0.2, 0.25) is 0 Å². The molecule has 2 aliphatic rings. The van der Waals surface area contributed by atoms with E-state index in [1.807, 2.05) is 0 Å². The van der Waals surface area contributed by atoms with Gasteiger partial charge >= 0.3 is 6.18 Å². The molecular formula is C21H24ClF3N6O3. The van der Waals surface area contributed by atoms with Crippen molar-refractivity contribution in [3.63, 3.8) is 0 Å². The lowest BCUT2D eigenvalue weighted by molar-refractivity contribution is -0.182. The molecule has 4 rings (SSSR count). The highest BCUT2D eigenvalue weighted by atomic mass is 35.5. The molecule has 0 spiro atoms. The Hall–Kier alpha value is -2.86. The number of amides is 2. The van der Waals surface area contributed by atoms with Crippen molar-refractivity contribution in [2.24, 2.45) is 5.92 Å². The second-order valence-corrected chi connectivity index (χ2v) is 9.04. The zero-order chi connectivity index (χ0) is 24.6. The Morgan fingerprint density at radius 1 is 1.32 bits per heavy atom. The number of pyridine rings is 1. The predicted octanol–water partition coefficient (Wildman–Crippen LogP) is 3.09. The van der Waals surface area contributed by atoms with Crippen molar-refractivity contribution in [3.05, 3.63) is 35.8 Å². The number of carbonyl (C=O) groups is 2. The molecule has 4 unspecified atom stereocenters. The SMILES string of the molecule is COCC1CN(C2CCC(C(F)(F)F)C(Cl)C2)C(=O)c2c(NC(=O)c3ccc(N)nc3)cnn21. The minimum absolute atomic E-state index is 0.0180. The largest absolute Gasteiger partial charge is 0.393 e. The van der Waals surface area contributed by atoms with Gasteiger partial charge in [-0.1, -0.05) is 0 Å². The van der Waals surface area contributed by atoms with Crippen LogP contribution in [0.15, 0.2) is 24.5 Å². The second kappa shape index (κ2) is 9.41. The van der Waals surface area contributed by atoms with Crippen LogP contribution in [0.5, 0.6) is 0 Å². The van der Waals surface area contributed by atoms with E-state index >= 15 is 0 Å². The lowest BCUT2D eigenvalue weighted by Crippen LogP contribution is -2.53. The summed E-state index contributed by atoms with van der Waals surface area (Å²) in [5.74, 6) is -2.29. The highest BCUT2D eigenvalue weighted by Crippen LogP contribution is 2.42. The van der Waals surface area contributed by atoms with Crippen LogP contribution < -0.4 is 11.1 Å². The summed E-state index contributed by atoms with van der Waals surface area (Å²) in [5, 5.41) is 5.81. The van der Waals surface area contributed by atoms with Gasteiger partial charge in [0.25, 0.3) is 11.8 Å². The van der Waals surface area contributed by atoms with Crippen molar-refractivity contribution in [3.8, 4) is 0 Å². The Bertz CT molecular complexity index is 1060. The molecule has 4 atom stereocenters. The Balaban J connectivity index is 1.59. The van der Waals surface area contributed by atoms with Crippen molar-refractivity contribution in [2.45, 2.75) is 42.9 Å². The molecule has 2 aromatic heterocycles. The Morgan fingerprint density at radius 3 is 2.71 bits per heavy atom. The number of nitrogens with zero attached hydrogens (tertiary/aromatic N) is 4. The van der Waals surface area contributed by atoms with E-state index in [0.717, 1.165) is 0 Å². The second-order valence-electron chi connectivity index (χ2n) is 8.47. The average molecular weight is 501 g/mol. The van der Waals surface area contributed by atoms with Gasteiger partial charge in [0.05, 0.1) is 36.0 Å². The number of nitrogens with two attached hydrogens (primary N) is 1. The van der Waals surface area contributed by atoms with Gasteiger partial charge in [0.15, 0.2) is 0 Å². The number of nitrogens with one attached hydrogen (secondary N) is 1. The van der Waals surface area contributed by atoms with Crippen molar-refractivity contribution in [1.29, 1.82) is 0 Å². The zero-order valence-electron chi connectivity index (χ0n) is 18.3. The molecule has 2 amide bonds. The highest BCUT2D eigenvalue weighted by Gasteiger charge is 2.49. The minimum atomic E-state index is -4.38. The first-order valence-electron chi connectivity index (χ1n) is 10.7. The normalized spacial score (nSPS) is 25.2. The van der Waals surface area contributed by atoms with Crippen LogP contribution in [0.25, 0.3) is 0 Å². The molecule has 1 saturated carbocycles. The van der Waals surface area contributed by atoms with Gasteiger partial charge in [-0.05, 0) is 31.4 Å². The molecule has 9 nitrogen and oxygen atoms in total. The number of carbonyl (C=O) groups excluding carboxylic acids is 2. The maximum absolute atomic E-state index is 13.5. The molecule has 1 aliphatic carbocycles. The molecule has 2 aromatic rings. The third kappa shape index (κ3) is 4.69. The van der Waals surface area contributed by atoms with E-state index in [9.17, 15) is 22.8 Å². The summed E-state index contributed by atoms with van der Waals surface area (Å²) in [7, 11) is 1.50. The fourth-order valence-corrected chi connectivity index (χ4v) is 5.05. The summed E-state index contributed by atoms with van der Waals surface area (Å²) in [6.45, 7) is 0.428. The predicted molar refractivity (Wildman–Crippen MR) is 118 cm³/mol. The van der Waals surface area contributed by atoms with Crippen LogP contribution in [0.4, 0.5) is 24.7 Å². The molecule has 3 heterocycles. The van der Waals surface area contributed by atoms with E-state index in [2.05, 4.69) is 15.4 Å². The zero-order valence-corrected chi connectivity index (χ0v) is 19.0. The molecule has 34 heavy (non-hydrogen) atoms. The van der Waals surface area contributed by atoms with Crippen LogP contribution in [0, 0.1) is 5.92 Å². The van der Waals surface area contributed by atoms with Gasteiger partial charge in [0, 0.05) is 31.3 Å². The number of anilines is 2. The molecule has 0 bridgehead atoms. The van der Waals surface area contributed by atoms with Gasteiger partial charge in [-0.3, -0.25) is 14.3 Å². The fourth-order valence-electron chi connectivity index (χ4n) is 4.58. The first-order valence-corrected chi connectivity index (χ1v) is 11.1. The average Bonchev–Trinajstić information content (AvgIpc) is 3.19. The number of ether oxygens (including phenoxy) is 1. The number of hydrogen-bond donors (Lipinski definition) is 2. The Labute approximate surface area is 198 Å². The molecule has 3 N–H and O–H groups in total. The smallest absolute Gasteiger partial charge is 0.384 e. The Morgan fingerprint density at radius 2 is 2.09 bits per heavy atom. The summed E-state index contributed by atoms with van der Waals surface area (Å²) in [5.41, 5.74) is 6.11. The van der Waals surface area contributed by atoms with Gasteiger partial charge in [0.2, 0.25) is 0 Å². The monoisotopic (exact) mass is 500 g/mol. The first kappa shape index (κ1) is 24.3. The van der Waals surface area contributed by atoms with E-state index < -0.39 is 35.3 Å². The van der Waals surface area contributed by atoms with E-state index in [4.69, 9.17) is 22.1 Å². The summed E-state index contributed by atoms with van der Waals surface area (Å²) in [4.78, 5) is 31.6. The van der Waals surface area contributed by atoms with Crippen molar-refractivity contribution in [2.75, 3.05) is 31.3 Å². The van der Waals surface area contributed by atoms with Crippen LogP contribution in [0.3, 0.4) is 0 Å². The Kier molecular flexibility index (Phi) is 6.72. The summed E-state index contributed by atoms with van der Waals surface area (Å²) < 4.78 is 46.5. The van der Waals surface area contributed by atoms with Gasteiger partial charge in [-0.2, -0.15) is 18.3 Å². The summed E-state index contributed by atoms with van der Waals surface area (Å²) in [6, 6.07) is 2.12. The molecule has 0 radical (unpaired) electrons. The van der Waals surface area contributed by atoms with Crippen molar-refractivity contribution >= 4 is 34.9 Å². The number of fused-ring (bicyclic) bond motifs is 1. The summed E-state index contributed by atoms with van der Waals surface area (Å²) in [6.07, 6.45) is -1.67. The van der Waals surface area contributed by atoms with Gasteiger partial charge in [0.1, 0.15) is 11.5 Å². The van der Waals surface area contributed by atoms with Crippen LogP contribution in [0.1, 0.15) is 46.2 Å². The standard InChI is InChI=1S/C21H24ClF3N6O3/c1-34-10-13-9-30(12-3-4-14(15(22)6-12)21(23,24)25)20(33)18-16(8-28-31(13)18)29-19(32)11-2-5-17(26)27-7-11/h2,5,7-8,12-15H,3-4,6,9-10H2,1H3,(H2,26,27)(H,29,32). The lowest BCUT2D eigenvalue weighted by atomic mass is 9.84. The molecular weight excluding hydrogens is 477 g/mol. The third-order valence-electron chi connectivity index (χ3n) is 6.27. The third-order valence-corrected chi connectivity index (χ3v) is 6.76. The topological polar surface area (TPSA) is 115 Å². The molecule has 184 valence electrons. The van der Waals surface area contributed by atoms with E-state index in [0.29, 0.717) is 0 Å². The first-order chi connectivity index (χ1) is 16.1. The maximum atomic E-state index is 13.5. The fraction of sp³-hybridized carbons (Fsp3) is 0.524. The number of nitrogen functional groups attached to an aromatic ring is 1. The molecule has 0 aromatic carbocycles. The molecule has 13 heteroatoms. The number of aromatic nitrogens is 3. The van der Waals surface area contributed by atoms with Gasteiger partial charge in [-0.25, -0.2) is 4.98 Å². The van der Waals surface area contributed by atoms with Crippen LogP contribution in [-0.4, -0.2) is 69.3 Å². The quantitative estimate of drug-likeness (QED) is 0.610. The minimum Gasteiger partial charge on any atom is -0.384 e. The number of hydrogen-bond acceptors (Lipinski definition) is 6. The van der Waals surface area contributed by atoms with Crippen molar-refractivity contribution in [1.82, 2.24) is 19.7 Å². The number of halogens is 4.